The topological polar surface area (TPSA) is 110 Å². The predicted molar refractivity (Wildman–Crippen MR) is 116 cm³/mol. The van der Waals surface area contributed by atoms with Crippen LogP contribution in [0.4, 0.5) is 17.2 Å². The van der Waals surface area contributed by atoms with Gasteiger partial charge in [-0.1, -0.05) is 42.5 Å². The first-order valence-electron chi connectivity index (χ1n) is 9.70. The minimum Gasteiger partial charge on any atom is -0.382 e. The summed E-state index contributed by atoms with van der Waals surface area (Å²) in [6, 6.07) is 17.4. The maximum Gasteiger partial charge on any atom is 0.278 e. The summed E-state index contributed by atoms with van der Waals surface area (Å²) in [6.07, 6.45) is 3.62. The maximum absolute atomic E-state index is 13.0. The van der Waals surface area contributed by atoms with Crippen LogP contribution in [-0.4, -0.2) is 35.0 Å². The fraction of sp³-hybridized carbons (Fsp3) is 0.227. The summed E-state index contributed by atoms with van der Waals surface area (Å²) in [5.74, 6) is -0.291. The van der Waals surface area contributed by atoms with E-state index in [1.165, 1.54) is 0 Å². The second-order valence-electron chi connectivity index (χ2n) is 7.17. The largest absolute Gasteiger partial charge is 0.382 e. The summed E-state index contributed by atoms with van der Waals surface area (Å²) < 4.78 is 0. The molecular formula is C22H24N6O. The molecule has 29 heavy (non-hydrogen) atoms. The van der Waals surface area contributed by atoms with Crippen LogP contribution in [-0.2, 0) is 0 Å². The highest BCUT2D eigenvalue weighted by molar-refractivity contribution is 6.07. The molecule has 0 radical (unpaired) electrons. The maximum atomic E-state index is 13.0. The summed E-state index contributed by atoms with van der Waals surface area (Å²) >= 11 is 0. The molecular weight excluding hydrogens is 364 g/mol. The third kappa shape index (κ3) is 4.20. The molecule has 1 saturated heterocycles. The van der Waals surface area contributed by atoms with E-state index >= 15 is 0 Å². The molecule has 7 nitrogen and oxygen atoms in total. The van der Waals surface area contributed by atoms with Gasteiger partial charge < -0.3 is 21.7 Å². The number of nitrogen functional groups attached to an aromatic ring is 1. The average Bonchev–Trinajstić information content (AvgIpc) is 2.75. The van der Waals surface area contributed by atoms with E-state index in [4.69, 9.17) is 11.5 Å². The first-order chi connectivity index (χ1) is 14.1. The molecule has 1 aromatic heterocycles. The van der Waals surface area contributed by atoms with Crippen molar-refractivity contribution < 1.29 is 4.79 Å². The molecule has 1 unspecified atom stereocenters. The van der Waals surface area contributed by atoms with Gasteiger partial charge in [-0.3, -0.25) is 4.79 Å². The monoisotopic (exact) mass is 388 g/mol. The highest BCUT2D eigenvalue weighted by Crippen LogP contribution is 2.29. The molecule has 0 saturated carbocycles. The fourth-order valence-corrected chi connectivity index (χ4v) is 3.58. The number of piperidine rings is 1. The van der Waals surface area contributed by atoms with Crippen molar-refractivity contribution in [3.63, 3.8) is 0 Å². The third-order valence-corrected chi connectivity index (χ3v) is 5.04. The first-order valence-corrected chi connectivity index (χ1v) is 9.70. The smallest absolute Gasteiger partial charge is 0.278 e. The number of amides is 1. The van der Waals surface area contributed by atoms with Crippen molar-refractivity contribution in [1.29, 1.82) is 0 Å². The van der Waals surface area contributed by atoms with Crippen LogP contribution in [0.2, 0.25) is 0 Å². The van der Waals surface area contributed by atoms with E-state index < -0.39 is 0 Å². The van der Waals surface area contributed by atoms with Gasteiger partial charge in [-0.25, -0.2) is 9.97 Å². The van der Waals surface area contributed by atoms with E-state index in [0.29, 0.717) is 11.4 Å². The number of hydrogen-bond acceptors (Lipinski definition) is 6. The number of benzene rings is 2. The van der Waals surface area contributed by atoms with E-state index in [9.17, 15) is 4.79 Å². The lowest BCUT2D eigenvalue weighted by atomic mass is 10.1. The number of para-hydroxylation sites is 2. The van der Waals surface area contributed by atoms with Gasteiger partial charge in [0.15, 0.2) is 11.5 Å². The van der Waals surface area contributed by atoms with Gasteiger partial charge in [-0.2, -0.15) is 0 Å². The fourth-order valence-electron chi connectivity index (χ4n) is 3.58. The summed E-state index contributed by atoms with van der Waals surface area (Å²) in [4.78, 5) is 23.8. The number of carbonyl (C=O) groups is 1. The lowest BCUT2D eigenvalue weighted by molar-refractivity contribution is 0.102. The van der Waals surface area contributed by atoms with Crippen LogP contribution < -0.4 is 21.7 Å². The molecule has 0 aliphatic carbocycles. The lowest BCUT2D eigenvalue weighted by Gasteiger charge is -2.33. The normalized spacial score (nSPS) is 16.4. The van der Waals surface area contributed by atoms with Gasteiger partial charge in [0.25, 0.3) is 5.91 Å². The van der Waals surface area contributed by atoms with E-state index in [-0.39, 0.29) is 23.5 Å². The van der Waals surface area contributed by atoms with Gasteiger partial charge in [0.05, 0.1) is 23.3 Å². The van der Waals surface area contributed by atoms with E-state index in [1.807, 2.05) is 54.6 Å². The lowest BCUT2D eigenvalue weighted by Crippen LogP contribution is -2.43. The summed E-state index contributed by atoms with van der Waals surface area (Å²) in [5.41, 5.74) is 15.3. The SMILES string of the molecule is Nc1ncc(-c2ccccc2)nc1C(=O)Nc1ccccc1N1CCCC(N)C1. The Kier molecular flexibility index (Phi) is 5.39. The van der Waals surface area contributed by atoms with Gasteiger partial charge in [0, 0.05) is 24.7 Å². The number of hydrogen-bond donors (Lipinski definition) is 3. The molecule has 148 valence electrons. The molecule has 1 aliphatic rings. The molecule has 4 rings (SSSR count). The van der Waals surface area contributed by atoms with Crippen molar-refractivity contribution in [2.45, 2.75) is 18.9 Å². The van der Waals surface area contributed by atoms with Gasteiger partial charge in [0.1, 0.15) is 0 Å². The first kappa shape index (κ1) is 18.9. The minimum absolute atomic E-state index is 0.0969. The Hall–Kier alpha value is -3.45. The average molecular weight is 388 g/mol. The molecule has 1 fully saturated rings. The number of carbonyl (C=O) groups excluding carboxylic acids is 1. The Labute approximate surface area is 169 Å². The molecule has 2 heterocycles. The quantitative estimate of drug-likeness (QED) is 0.634. The van der Waals surface area contributed by atoms with Crippen LogP contribution in [0.3, 0.4) is 0 Å². The highest BCUT2D eigenvalue weighted by Gasteiger charge is 2.21. The second-order valence-corrected chi connectivity index (χ2v) is 7.17. The molecule has 5 N–H and O–H groups in total. The van der Waals surface area contributed by atoms with Gasteiger partial charge >= 0.3 is 0 Å². The predicted octanol–water partition coefficient (Wildman–Crippen LogP) is 2.91. The molecule has 1 atom stereocenters. The number of nitrogens with one attached hydrogen (secondary N) is 1. The second kappa shape index (κ2) is 8.28. The van der Waals surface area contributed by atoms with E-state index in [2.05, 4.69) is 20.2 Å². The van der Waals surface area contributed by atoms with Crippen LogP contribution >= 0.6 is 0 Å². The Balaban J connectivity index is 1.61. The minimum atomic E-state index is -0.387. The van der Waals surface area contributed by atoms with Crippen molar-refractivity contribution in [2.24, 2.45) is 5.73 Å². The van der Waals surface area contributed by atoms with Crippen molar-refractivity contribution in [3.05, 3.63) is 66.5 Å². The van der Waals surface area contributed by atoms with Crippen molar-refractivity contribution in [2.75, 3.05) is 29.0 Å². The summed E-state index contributed by atoms with van der Waals surface area (Å²) in [7, 11) is 0. The van der Waals surface area contributed by atoms with Crippen LogP contribution in [0.25, 0.3) is 11.3 Å². The molecule has 1 aliphatic heterocycles. The Morgan fingerprint density at radius 3 is 2.66 bits per heavy atom. The molecule has 0 spiro atoms. The van der Waals surface area contributed by atoms with Crippen LogP contribution in [0.5, 0.6) is 0 Å². The number of anilines is 3. The number of aromatic nitrogens is 2. The standard InChI is InChI=1S/C22H24N6O/c23-16-9-6-12-28(14-16)19-11-5-4-10-17(19)27-22(29)20-21(24)25-13-18(26-20)15-7-2-1-3-8-15/h1-5,7-8,10-11,13,16H,6,9,12,14,23H2,(H2,24,25)(H,27,29). The van der Waals surface area contributed by atoms with Gasteiger partial charge in [-0.05, 0) is 25.0 Å². The highest BCUT2D eigenvalue weighted by atomic mass is 16.1. The Morgan fingerprint density at radius 2 is 1.86 bits per heavy atom. The van der Waals surface area contributed by atoms with Crippen molar-refractivity contribution in [3.8, 4) is 11.3 Å². The number of rotatable bonds is 4. The van der Waals surface area contributed by atoms with Gasteiger partial charge in [0.2, 0.25) is 0 Å². The van der Waals surface area contributed by atoms with Gasteiger partial charge in [-0.15, -0.1) is 0 Å². The molecule has 2 aromatic carbocycles. The zero-order chi connectivity index (χ0) is 20.2. The molecule has 3 aromatic rings. The summed E-state index contributed by atoms with van der Waals surface area (Å²) in [6.45, 7) is 1.67. The van der Waals surface area contributed by atoms with Crippen molar-refractivity contribution in [1.82, 2.24) is 9.97 Å². The van der Waals surface area contributed by atoms with E-state index in [1.54, 1.807) is 6.20 Å². The molecule has 0 bridgehead atoms. The van der Waals surface area contributed by atoms with Crippen LogP contribution in [0.1, 0.15) is 23.3 Å². The zero-order valence-corrected chi connectivity index (χ0v) is 16.1. The Morgan fingerprint density at radius 1 is 1.10 bits per heavy atom. The molecule has 7 heteroatoms. The zero-order valence-electron chi connectivity index (χ0n) is 16.1. The summed E-state index contributed by atoms with van der Waals surface area (Å²) in [5, 5.41) is 2.95. The third-order valence-electron chi connectivity index (χ3n) is 5.04. The molecule has 1 amide bonds. The van der Waals surface area contributed by atoms with Crippen LogP contribution in [0.15, 0.2) is 60.8 Å². The Bertz CT molecular complexity index is 1010. The number of nitrogens with zero attached hydrogens (tertiary/aromatic N) is 3. The van der Waals surface area contributed by atoms with Crippen LogP contribution in [0, 0.1) is 0 Å². The van der Waals surface area contributed by atoms with E-state index in [0.717, 1.165) is 37.2 Å². The number of nitrogens with two attached hydrogens (primary N) is 2. The van der Waals surface area contributed by atoms with Crippen molar-refractivity contribution >= 4 is 23.1 Å².